The maximum absolute atomic E-state index is 12.3. The summed E-state index contributed by atoms with van der Waals surface area (Å²) < 4.78 is -1.35. The number of halogens is 3. The number of thioether (sulfide) groups is 1. The number of hydrogen-bond donors (Lipinski definition) is 1. The monoisotopic (exact) mass is 418 g/mol. The van der Waals surface area contributed by atoms with E-state index in [4.69, 9.17) is 34.8 Å². The van der Waals surface area contributed by atoms with Gasteiger partial charge in [0.25, 0.3) is 5.91 Å². The van der Waals surface area contributed by atoms with E-state index in [0.717, 1.165) is 11.1 Å². The summed E-state index contributed by atoms with van der Waals surface area (Å²) in [6.45, 7) is 1.92. The largest absolute Gasteiger partial charge is 0.341 e. The first kappa shape index (κ1) is 18.9. The Labute approximate surface area is 165 Å². The number of nitrogens with zero attached hydrogens (tertiary/aromatic N) is 1. The van der Waals surface area contributed by atoms with Crippen molar-refractivity contribution in [1.82, 2.24) is 10.2 Å². The Morgan fingerprint density at radius 1 is 1.28 bits per heavy atom. The van der Waals surface area contributed by atoms with Crippen molar-refractivity contribution in [2.45, 2.75) is 40.2 Å². The number of hydrogen-bond acceptors (Lipinski definition) is 3. The first-order valence-corrected chi connectivity index (χ1v) is 9.88. The van der Waals surface area contributed by atoms with Crippen LogP contribution >= 0.6 is 46.6 Å². The number of fused-ring (bicyclic) bond motifs is 1. The fraction of sp³-hybridized carbons (Fsp3) is 0.412. The Morgan fingerprint density at radius 2 is 1.96 bits per heavy atom. The highest BCUT2D eigenvalue weighted by Gasteiger charge is 2.51. The van der Waals surface area contributed by atoms with Crippen LogP contribution < -0.4 is 5.32 Å². The molecular weight excluding hydrogens is 403 g/mol. The van der Waals surface area contributed by atoms with Crippen molar-refractivity contribution in [3.8, 4) is 0 Å². The van der Waals surface area contributed by atoms with Gasteiger partial charge in [0.2, 0.25) is 5.91 Å². The van der Waals surface area contributed by atoms with Crippen LogP contribution in [0.2, 0.25) is 0 Å². The van der Waals surface area contributed by atoms with E-state index in [9.17, 15) is 9.59 Å². The lowest BCUT2D eigenvalue weighted by atomic mass is 10.0. The summed E-state index contributed by atoms with van der Waals surface area (Å²) in [5, 5.41) is 2.67. The van der Waals surface area contributed by atoms with Crippen molar-refractivity contribution in [1.29, 1.82) is 0 Å². The zero-order valence-corrected chi connectivity index (χ0v) is 16.5. The Hall–Kier alpha value is -0.880. The molecule has 2 unspecified atom stereocenters. The predicted molar refractivity (Wildman–Crippen MR) is 103 cm³/mol. The zero-order valence-electron chi connectivity index (χ0n) is 13.4. The standard InChI is InChI=1S/C17H17Cl3N2O2S/c1-10-9-22-15(24)14(16(22)25-12(10)8-17(18,19)20)21-13(23)7-11-5-3-2-4-6-11/h2-6,9,12,14,16H,7-8H2,1H3,(H,21,23)/t12?,14?,16-/m1/s1. The normalized spacial score (nSPS) is 25.8. The third-order valence-electron chi connectivity index (χ3n) is 4.17. The molecule has 1 saturated heterocycles. The first-order chi connectivity index (χ1) is 11.7. The molecule has 1 aromatic carbocycles. The molecule has 0 saturated carbocycles. The van der Waals surface area contributed by atoms with E-state index >= 15 is 0 Å². The van der Waals surface area contributed by atoms with E-state index in [2.05, 4.69) is 5.32 Å². The Morgan fingerprint density at radius 3 is 2.60 bits per heavy atom. The van der Waals surface area contributed by atoms with Crippen molar-refractivity contribution in [2.24, 2.45) is 0 Å². The molecule has 8 heteroatoms. The molecule has 2 aliphatic rings. The molecular formula is C17H17Cl3N2O2S. The second-order valence-corrected chi connectivity index (χ2v) is 10.0. The van der Waals surface area contributed by atoms with Crippen LogP contribution in [0.5, 0.6) is 0 Å². The molecule has 2 amide bonds. The lowest BCUT2D eigenvalue weighted by Crippen LogP contribution is -2.69. The number of β-lactam (4-membered cyclic amide) rings is 1. The van der Waals surface area contributed by atoms with E-state index in [1.807, 2.05) is 37.3 Å². The molecule has 3 rings (SSSR count). The van der Waals surface area contributed by atoms with Crippen LogP contribution in [-0.4, -0.2) is 37.2 Å². The zero-order chi connectivity index (χ0) is 18.2. The number of alkyl halides is 3. The van der Waals surface area contributed by atoms with Gasteiger partial charge in [0.15, 0.2) is 3.79 Å². The fourth-order valence-electron chi connectivity index (χ4n) is 2.90. The Kier molecular flexibility index (Phi) is 5.59. The van der Waals surface area contributed by atoms with Gasteiger partial charge >= 0.3 is 0 Å². The molecule has 4 nitrogen and oxygen atoms in total. The molecule has 134 valence electrons. The highest BCUT2D eigenvalue weighted by molar-refractivity contribution is 8.00. The van der Waals surface area contributed by atoms with Crippen molar-refractivity contribution in [3.63, 3.8) is 0 Å². The lowest BCUT2D eigenvalue weighted by Gasteiger charge is -2.49. The van der Waals surface area contributed by atoms with Gasteiger partial charge in [-0.15, -0.1) is 11.8 Å². The topological polar surface area (TPSA) is 49.4 Å². The maximum atomic E-state index is 12.3. The van der Waals surface area contributed by atoms with Crippen LogP contribution in [0.25, 0.3) is 0 Å². The van der Waals surface area contributed by atoms with E-state index in [1.54, 1.807) is 22.9 Å². The third-order valence-corrected chi connectivity index (χ3v) is 6.28. The van der Waals surface area contributed by atoms with Crippen molar-refractivity contribution in [3.05, 3.63) is 47.7 Å². The van der Waals surface area contributed by atoms with E-state index < -0.39 is 9.83 Å². The molecule has 1 fully saturated rings. The third kappa shape index (κ3) is 4.45. The molecule has 0 spiro atoms. The quantitative estimate of drug-likeness (QED) is 0.598. The van der Waals surface area contributed by atoms with Gasteiger partial charge in [0.05, 0.1) is 6.42 Å². The second kappa shape index (κ2) is 7.39. The van der Waals surface area contributed by atoms with Crippen LogP contribution in [0, 0.1) is 0 Å². The Balaban J connectivity index is 1.63. The Bertz CT molecular complexity index is 706. The van der Waals surface area contributed by atoms with Crippen molar-refractivity contribution < 1.29 is 9.59 Å². The molecule has 0 bridgehead atoms. The second-order valence-electron chi connectivity index (χ2n) is 6.16. The average Bonchev–Trinajstić information content (AvgIpc) is 2.54. The summed E-state index contributed by atoms with van der Waals surface area (Å²) in [5.41, 5.74) is 1.89. The van der Waals surface area contributed by atoms with E-state index in [-0.39, 0.29) is 28.9 Å². The maximum Gasteiger partial charge on any atom is 0.253 e. The molecule has 2 aliphatic heterocycles. The van der Waals surface area contributed by atoms with Gasteiger partial charge in [0.1, 0.15) is 11.4 Å². The van der Waals surface area contributed by atoms with Crippen LogP contribution in [0.3, 0.4) is 0 Å². The number of amides is 2. The average molecular weight is 420 g/mol. The summed E-state index contributed by atoms with van der Waals surface area (Å²) >= 11 is 19.3. The highest BCUT2D eigenvalue weighted by Crippen LogP contribution is 2.45. The van der Waals surface area contributed by atoms with Gasteiger partial charge in [-0.05, 0) is 18.1 Å². The molecule has 2 heterocycles. The van der Waals surface area contributed by atoms with Gasteiger partial charge in [-0.3, -0.25) is 9.59 Å². The van der Waals surface area contributed by atoms with Gasteiger partial charge in [-0.1, -0.05) is 65.1 Å². The van der Waals surface area contributed by atoms with Crippen molar-refractivity contribution in [2.75, 3.05) is 0 Å². The number of nitrogens with one attached hydrogen (secondary N) is 1. The summed E-state index contributed by atoms with van der Waals surface area (Å²) in [4.78, 5) is 26.2. The summed E-state index contributed by atoms with van der Waals surface area (Å²) in [6.07, 6.45) is 2.40. The minimum absolute atomic E-state index is 0.00428. The van der Waals surface area contributed by atoms with E-state index in [0.29, 0.717) is 6.42 Å². The SMILES string of the molecule is CC1=CN2C(=O)C(NC(=O)Cc3ccccc3)[C@H]2SC1CC(Cl)(Cl)Cl. The van der Waals surface area contributed by atoms with Crippen LogP contribution in [0.1, 0.15) is 18.9 Å². The lowest BCUT2D eigenvalue weighted by molar-refractivity contribution is -0.144. The molecule has 1 aromatic rings. The van der Waals surface area contributed by atoms with E-state index in [1.165, 1.54) is 0 Å². The summed E-state index contributed by atoms with van der Waals surface area (Å²) in [7, 11) is 0. The first-order valence-electron chi connectivity index (χ1n) is 7.80. The molecule has 0 radical (unpaired) electrons. The highest BCUT2D eigenvalue weighted by atomic mass is 35.6. The molecule has 0 aliphatic carbocycles. The fourth-order valence-corrected chi connectivity index (χ4v) is 5.24. The predicted octanol–water partition coefficient (Wildman–Crippen LogP) is 3.66. The number of benzene rings is 1. The smallest absolute Gasteiger partial charge is 0.253 e. The van der Waals surface area contributed by atoms with Crippen LogP contribution in [-0.2, 0) is 16.0 Å². The van der Waals surface area contributed by atoms with Crippen LogP contribution in [0.15, 0.2) is 42.1 Å². The number of carbonyl (C=O) groups excluding carboxylic acids is 2. The van der Waals surface area contributed by atoms with Gasteiger partial charge < -0.3 is 10.2 Å². The molecule has 1 N–H and O–H groups in total. The molecule has 3 atom stereocenters. The number of rotatable bonds is 4. The molecule has 25 heavy (non-hydrogen) atoms. The van der Waals surface area contributed by atoms with Gasteiger partial charge in [-0.2, -0.15) is 0 Å². The van der Waals surface area contributed by atoms with Crippen LogP contribution in [0.4, 0.5) is 0 Å². The summed E-state index contributed by atoms with van der Waals surface area (Å²) in [6, 6.07) is 8.88. The van der Waals surface area contributed by atoms with Gasteiger partial charge in [-0.25, -0.2) is 0 Å². The minimum atomic E-state index is -1.35. The summed E-state index contributed by atoms with van der Waals surface area (Å²) in [5.74, 6) is -0.278. The van der Waals surface area contributed by atoms with Crippen molar-refractivity contribution >= 4 is 58.4 Å². The number of carbonyl (C=O) groups is 2. The minimum Gasteiger partial charge on any atom is -0.341 e. The van der Waals surface area contributed by atoms with Gasteiger partial charge in [0, 0.05) is 17.9 Å². The molecule has 0 aromatic heterocycles.